The van der Waals surface area contributed by atoms with Crippen molar-refractivity contribution in [2.75, 3.05) is 11.9 Å². The molecule has 2 heterocycles. The summed E-state index contributed by atoms with van der Waals surface area (Å²) >= 11 is 7.66. The van der Waals surface area contributed by atoms with Crippen molar-refractivity contribution >= 4 is 40.8 Å². The normalized spacial score (nSPS) is 14.5. The molecule has 3 N–H and O–H groups in total. The van der Waals surface area contributed by atoms with Gasteiger partial charge in [-0.3, -0.25) is 4.79 Å². The summed E-state index contributed by atoms with van der Waals surface area (Å²) in [6.45, 7) is 1.91. The van der Waals surface area contributed by atoms with E-state index in [0.29, 0.717) is 44.1 Å². The first-order valence-corrected chi connectivity index (χ1v) is 13.4. The molecule has 0 saturated carbocycles. The van der Waals surface area contributed by atoms with E-state index >= 15 is 0 Å². The first-order valence-electron chi connectivity index (χ1n) is 12.0. The molecule has 1 aliphatic heterocycles. The van der Waals surface area contributed by atoms with Crippen molar-refractivity contribution in [1.29, 1.82) is 0 Å². The third-order valence-electron chi connectivity index (χ3n) is 6.13. The number of aromatic amines is 1. The van der Waals surface area contributed by atoms with Gasteiger partial charge in [0.2, 0.25) is 0 Å². The molecule has 0 amide bonds. The number of rotatable bonds is 7. The number of ether oxygens (including phenoxy) is 1. The molecule has 5 rings (SSSR count). The van der Waals surface area contributed by atoms with E-state index in [0.717, 1.165) is 11.1 Å². The third-order valence-corrected chi connectivity index (χ3v) is 7.42. The number of anilines is 1. The van der Waals surface area contributed by atoms with Gasteiger partial charge < -0.3 is 20.1 Å². The molecule has 38 heavy (non-hydrogen) atoms. The number of benzene rings is 3. The number of nitrogens with one attached hydrogen (secondary N) is 2. The highest BCUT2D eigenvalue weighted by atomic mass is 35.5. The van der Waals surface area contributed by atoms with Gasteiger partial charge in [0.15, 0.2) is 5.16 Å². The topological polar surface area (TPSA) is 104 Å². The second-order valence-corrected chi connectivity index (χ2v) is 9.91. The van der Waals surface area contributed by atoms with Crippen LogP contribution in [0.3, 0.4) is 0 Å². The fourth-order valence-electron chi connectivity index (χ4n) is 4.39. The lowest BCUT2D eigenvalue weighted by Crippen LogP contribution is -2.31. The number of phenols is 1. The Morgan fingerprint density at radius 1 is 1.05 bits per heavy atom. The minimum Gasteiger partial charge on any atom is -0.508 e. The molecule has 9 heteroatoms. The summed E-state index contributed by atoms with van der Waals surface area (Å²) in [5.74, 6) is -0.385. The number of halogens is 1. The number of aromatic hydroxyl groups is 1. The van der Waals surface area contributed by atoms with Crippen LogP contribution in [0, 0.1) is 0 Å². The van der Waals surface area contributed by atoms with Crippen LogP contribution in [0.15, 0.2) is 94.4 Å². The third kappa shape index (κ3) is 5.18. The van der Waals surface area contributed by atoms with E-state index < -0.39 is 11.9 Å². The average Bonchev–Trinajstić information content (AvgIpc) is 2.92. The molecule has 1 aromatic heterocycles. The molecule has 0 spiro atoms. The number of thioether (sulfide) groups is 1. The van der Waals surface area contributed by atoms with Crippen molar-refractivity contribution in [3.05, 3.63) is 122 Å². The highest BCUT2D eigenvalue weighted by Gasteiger charge is 2.38. The number of phenolic OH excluding ortho intramolecular Hbond substituents is 1. The second-order valence-electron chi connectivity index (χ2n) is 8.54. The summed E-state index contributed by atoms with van der Waals surface area (Å²) in [6.07, 6.45) is 0. The minimum atomic E-state index is -0.778. The van der Waals surface area contributed by atoms with Crippen molar-refractivity contribution in [2.24, 2.45) is 0 Å². The van der Waals surface area contributed by atoms with E-state index in [4.69, 9.17) is 21.3 Å². The Morgan fingerprint density at radius 2 is 1.76 bits per heavy atom. The fraction of sp³-hybridized carbons (Fsp3) is 0.138. The van der Waals surface area contributed by atoms with Crippen molar-refractivity contribution in [2.45, 2.75) is 23.8 Å². The number of fused-ring (bicyclic) bond motifs is 1. The number of aromatic nitrogens is 2. The van der Waals surface area contributed by atoms with Crippen molar-refractivity contribution in [1.82, 2.24) is 9.97 Å². The molecule has 1 aliphatic rings. The van der Waals surface area contributed by atoms with Crippen LogP contribution in [0.25, 0.3) is 5.70 Å². The molecule has 4 aromatic rings. The SMILES string of the molecule is CCOC(=O)C1=C(c2ccccc2)Nc2nc(SCc3ccccc3Cl)[nH]c(=O)c2C1c1ccc(O)cc1. The second kappa shape index (κ2) is 11.2. The molecule has 0 bridgehead atoms. The average molecular weight is 546 g/mol. The Morgan fingerprint density at radius 3 is 2.47 bits per heavy atom. The van der Waals surface area contributed by atoms with Crippen LogP contribution in [-0.4, -0.2) is 27.7 Å². The molecule has 192 valence electrons. The van der Waals surface area contributed by atoms with Crippen LogP contribution < -0.4 is 10.9 Å². The van der Waals surface area contributed by atoms with Crippen molar-refractivity contribution in [3.8, 4) is 5.75 Å². The van der Waals surface area contributed by atoms with E-state index in [-0.39, 0.29) is 17.9 Å². The number of carbonyl (C=O) groups is 1. The quantitative estimate of drug-likeness (QED) is 0.150. The number of hydrogen-bond acceptors (Lipinski definition) is 7. The summed E-state index contributed by atoms with van der Waals surface area (Å²) in [5.41, 5.74) is 3.03. The number of carbonyl (C=O) groups excluding carboxylic acids is 1. The maximum atomic E-state index is 13.6. The molecular formula is C29H24ClN3O4S. The molecule has 1 unspecified atom stereocenters. The van der Waals surface area contributed by atoms with Gasteiger partial charge in [-0.2, -0.15) is 0 Å². The lowest BCUT2D eigenvalue weighted by Gasteiger charge is -2.30. The van der Waals surface area contributed by atoms with Gasteiger partial charge in [-0.1, -0.05) is 84.0 Å². The summed E-state index contributed by atoms with van der Waals surface area (Å²) in [7, 11) is 0. The molecule has 3 aromatic carbocycles. The number of esters is 1. The predicted octanol–water partition coefficient (Wildman–Crippen LogP) is 5.95. The van der Waals surface area contributed by atoms with E-state index in [2.05, 4.69) is 10.3 Å². The van der Waals surface area contributed by atoms with E-state index in [1.54, 1.807) is 19.1 Å². The van der Waals surface area contributed by atoms with Crippen LogP contribution in [0.4, 0.5) is 5.82 Å². The van der Waals surface area contributed by atoms with Gasteiger partial charge >= 0.3 is 5.97 Å². The zero-order chi connectivity index (χ0) is 26.6. The smallest absolute Gasteiger partial charge is 0.337 e. The molecule has 0 fully saturated rings. The maximum Gasteiger partial charge on any atom is 0.337 e. The molecule has 7 nitrogen and oxygen atoms in total. The first kappa shape index (κ1) is 25.6. The largest absolute Gasteiger partial charge is 0.508 e. The molecule has 0 saturated heterocycles. The zero-order valence-electron chi connectivity index (χ0n) is 20.4. The lowest BCUT2D eigenvalue weighted by atomic mass is 9.81. The molecule has 1 atom stereocenters. The molecule has 0 aliphatic carbocycles. The van der Waals surface area contributed by atoms with Crippen LogP contribution in [0.2, 0.25) is 5.02 Å². The Hall–Kier alpha value is -4.01. The summed E-state index contributed by atoms with van der Waals surface area (Å²) in [5, 5.41) is 14.2. The van der Waals surface area contributed by atoms with Crippen LogP contribution >= 0.6 is 23.4 Å². The number of nitrogens with zero attached hydrogens (tertiary/aromatic N) is 1. The fourth-order valence-corrected chi connectivity index (χ4v) is 5.54. The van der Waals surface area contributed by atoms with Crippen molar-refractivity contribution in [3.63, 3.8) is 0 Å². The minimum absolute atomic E-state index is 0.0752. The first-order chi connectivity index (χ1) is 18.5. The van der Waals surface area contributed by atoms with Gasteiger partial charge in [0.25, 0.3) is 5.56 Å². The molecular weight excluding hydrogens is 522 g/mol. The Bertz CT molecular complexity index is 1570. The van der Waals surface area contributed by atoms with Crippen LogP contribution in [0.5, 0.6) is 5.75 Å². The zero-order valence-corrected chi connectivity index (χ0v) is 22.0. The van der Waals surface area contributed by atoms with Crippen molar-refractivity contribution < 1.29 is 14.6 Å². The van der Waals surface area contributed by atoms with Gasteiger partial charge in [-0.25, -0.2) is 9.78 Å². The Kier molecular flexibility index (Phi) is 7.53. The van der Waals surface area contributed by atoms with Gasteiger partial charge in [-0.05, 0) is 41.8 Å². The van der Waals surface area contributed by atoms with Gasteiger partial charge in [-0.15, -0.1) is 0 Å². The van der Waals surface area contributed by atoms with E-state index in [1.807, 2.05) is 54.6 Å². The van der Waals surface area contributed by atoms with Gasteiger partial charge in [0, 0.05) is 10.8 Å². The van der Waals surface area contributed by atoms with Crippen LogP contribution in [-0.2, 0) is 15.3 Å². The monoisotopic (exact) mass is 545 g/mol. The summed E-state index contributed by atoms with van der Waals surface area (Å²) in [6, 6.07) is 23.3. The standard InChI is InChI=1S/C29H24ClN3O4S/c1-2-37-28(36)23-22(17-12-14-20(34)15-13-17)24-26(31-25(23)18-8-4-3-5-9-18)32-29(33-27(24)35)38-16-19-10-6-7-11-21(19)30/h3-15,22,34H,2,16H2,1H3,(H2,31,32,33,35). The Labute approximate surface area is 228 Å². The Balaban J connectivity index is 1.66. The van der Waals surface area contributed by atoms with Crippen LogP contribution in [0.1, 0.15) is 35.1 Å². The number of H-pyrrole nitrogens is 1. The maximum absolute atomic E-state index is 13.6. The number of hydrogen-bond donors (Lipinski definition) is 3. The lowest BCUT2D eigenvalue weighted by molar-refractivity contribution is -0.138. The summed E-state index contributed by atoms with van der Waals surface area (Å²) in [4.78, 5) is 34.6. The predicted molar refractivity (Wildman–Crippen MR) is 149 cm³/mol. The molecule has 0 radical (unpaired) electrons. The van der Waals surface area contributed by atoms with Gasteiger partial charge in [0.1, 0.15) is 11.6 Å². The van der Waals surface area contributed by atoms with E-state index in [1.165, 1.54) is 23.9 Å². The highest BCUT2D eigenvalue weighted by Crippen LogP contribution is 2.43. The van der Waals surface area contributed by atoms with Gasteiger partial charge in [0.05, 0.1) is 29.4 Å². The summed E-state index contributed by atoms with van der Waals surface area (Å²) < 4.78 is 5.45. The van der Waals surface area contributed by atoms with E-state index in [9.17, 15) is 14.7 Å². The highest BCUT2D eigenvalue weighted by molar-refractivity contribution is 7.98.